The van der Waals surface area contributed by atoms with Crippen LogP contribution in [0.1, 0.15) is 22.6 Å². The van der Waals surface area contributed by atoms with Crippen LogP contribution in [0, 0.1) is 0 Å². The second-order valence-electron chi connectivity index (χ2n) is 3.01. The Morgan fingerprint density at radius 1 is 1.69 bits per heavy atom. The molecular weight excluding hydrogens is 170 g/mol. The highest BCUT2D eigenvalue weighted by Gasteiger charge is 2.16. The zero-order valence-electron chi connectivity index (χ0n) is 7.16. The Morgan fingerprint density at radius 2 is 2.54 bits per heavy atom. The largest absolute Gasteiger partial charge is 0.390 e. The first kappa shape index (κ1) is 8.25. The van der Waals surface area contributed by atoms with Crippen molar-refractivity contribution >= 4 is 5.91 Å². The van der Waals surface area contributed by atoms with Crippen molar-refractivity contribution in [3.8, 4) is 0 Å². The third kappa shape index (κ3) is 1.42. The van der Waals surface area contributed by atoms with Crippen molar-refractivity contribution in [3.05, 3.63) is 17.5 Å². The smallest absolute Gasteiger partial charge is 0.269 e. The van der Waals surface area contributed by atoms with E-state index in [-0.39, 0.29) is 12.5 Å². The van der Waals surface area contributed by atoms with E-state index in [0.717, 1.165) is 13.0 Å². The Labute approximate surface area is 75.4 Å². The fourth-order valence-corrected chi connectivity index (χ4v) is 1.42. The fourth-order valence-electron chi connectivity index (χ4n) is 1.42. The van der Waals surface area contributed by atoms with Crippen molar-refractivity contribution in [3.63, 3.8) is 0 Å². The molecule has 2 rings (SSSR count). The number of nitrogens with zero attached hydrogens (tertiary/aromatic N) is 2. The maximum Gasteiger partial charge on any atom is 0.269 e. The maximum atomic E-state index is 11.4. The van der Waals surface area contributed by atoms with E-state index in [1.165, 1.54) is 0 Å². The van der Waals surface area contributed by atoms with Crippen LogP contribution in [0.25, 0.3) is 0 Å². The van der Waals surface area contributed by atoms with E-state index in [9.17, 15) is 4.79 Å². The number of hydrogen-bond donors (Lipinski definition) is 2. The average molecular weight is 181 g/mol. The lowest BCUT2D eigenvalue weighted by molar-refractivity contribution is 0.0950. The molecule has 5 nitrogen and oxygen atoms in total. The Kier molecular flexibility index (Phi) is 2.02. The normalized spacial score (nSPS) is 16.2. The average Bonchev–Trinajstić information content (AvgIpc) is 2.48. The highest BCUT2D eigenvalue weighted by Crippen LogP contribution is 2.08. The number of carbonyl (C=O) groups is 1. The first-order chi connectivity index (χ1) is 6.31. The molecule has 0 unspecified atom stereocenters. The summed E-state index contributed by atoms with van der Waals surface area (Å²) in [5.74, 6) is -0.107. The minimum absolute atomic E-state index is 0.107. The molecule has 1 aromatic rings. The third-order valence-corrected chi connectivity index (χ3v) is 2.06. The predicted octanol–water partition coefficient (Wildman–Crippen LogP) is -0.491. The van der Waals surface area contributed by atoms with Crippen LogP contribution in [-0.2, 0) is 13.2 Å². The zero-order chi connectivity index (χ0) is 9.26. The Balaban J connectivity index is 2.39. The van der Waals surface area contributed by atoms with Gasteiger partial charge in [0, 0.05) is 13.1 Å². The standard InChI is InChI=1S/C8H11N3O2/c12-5-6-4-7-8(13)9-2-1-3-11(7)10-6/h4,12H,1-3,5H2,(H,9,13). The van der Waals surface area contributed by atoms with Crippen LogP contribution in [0.3, 0.4) is 0 Å². The van der Waals surface area contributed by atoms with Gasteiger partial charge in [-0.25, -0.2) is 0 Å². The quantitative estimate of drug-likeness (QED) is 0.614. The molecule has 13 heavy (non-hydrogen) atoms. The van der Waals surface area contributed by atoms with E-state index in [4.69, 9.17) is 5.11 Å². The summed E-state index contributed by atoms with van der Waals surface area (Å²) in [7, 11) is 0. The van der Waals surface area contributed by atoms with Gasteiger partial charge in [0.2, 0.25) is 0 Å². The summed E-state index contributed by atoms with van der Waals surface area (Å²) in [4.78, 5) is 11.4. The SMILES string of the molecule is O=C1NCCCn2nc(CO)cc21. The number of carbonyl (C=O) groups excluding carboxylic acids is 1. The Hall–Kier alpha value is -1.36. The van der Waals surface area contributed by atoms with E-state index in [1.807, 2.05) is 0 Å². The number of nitrogens with one attached hydrogen (secondary N) is 1. The van der Waals surface area contributed by atoms with Gasteiger partial charge < -0.3 is 10.4 Å². The highest BCUT2D eigenvalue weighted by molar-refractivity contribution is 5.92. The second-order valence-corrected chi connectivity index (χ2v) is 3.01. The first-order valence-corrected chi connectivity index (χ1v) is 4.27. The number of fused-ring (bicyclic) bond motifs is 1. The molecule has 0 fully saturated rings. The molecular formula is C8H11N3O2. The summed E-state index contributed by atoms with van der Waals surface area (Å²) >= 11 is 0. The van der Waals surface area contributed by atoms with Crippen molar-refractivity contribution < 1.29 is 9.90 Å². The van der Waals surface area contributed by atoms with Gasteiger partial charge in [-0.15, -0.1) is 0 Å². The molecule has 2 N–H and O–H groups in total. The lowest BCUT2D eigenvalue weighted by Crippen LogP contribution is -2.22. The molecule has 0 saturated carbocycles. The van der Waals surface area contributed by atoms with Gasteiger partial charge in [-0.2, -0.15) is 5.10 Å². The van der Waals surface area contributed by atoms with Gasteiger partial charge in [-0.05, 0) is 12.5 Å². The van der Waals surface area contributed by atoms with Gasteiger partial charge in [0.05, 0.1) is 12.3 Å². The molecule has 1 aliphatic heterocycles. The molecule has 0 bridgehead atoms. The summed E-state index contributed by atoms with van der Waals surface area (Å²) in [6.07, 6.45) is 0.880. The molecule has 0 saturated heterocycles. The predicted molar refractivity (Wildman–Crippen MR) is 45.1 cm³/mol. The van der Waals surface area contributed by atoms with Crippen LogP contribution in [0.15, 0.2) is 6.07 Å². The van der Waals surface area contributed by atoms with E-state index in [0.29, 0.717) is 17.9 Å². The van der Waals surface area contributed by atoms with Crippen molar-refractivity contribution in [2.75, 3.05) is 6.54 Å². The van der Waals surface area contributed by atoms with Gasteiger partial charge in [0.1, 0.15) is 5.69 Å². The minimum atomic E-state index is -0.118. The molecule has 2 heterocycles. The molecule has 1 amide bonds. The Morgan fingerprint density at radius 3 is 3.31 bits per heavy atom. The Bertz CT molecular complexity index is 332. The number of aryl methyl sites for hydroxylation is 1. The molecule has 1 aliphatic rings. The van der Waals surface area contributed by atoms with Crippen LogP contribution in [-0.4, -0.2) is 27.3 Å². The van der Waals surface area contributed by atoms with Crippen molar-refractivity contribution in [1.82, 2.24) is 15.1 Å². The molecule has 0 aromatic carbocycles. The van der Waals surface area contributed by atoms with Crippen molar-refractivity contribution in [1.29, 1.82) is 0 Å². The first-order valence-electron chi connectivity index (χ1n) is 4.27. The summed E-state index contributed by atoms with van der Waals surface area (Å²) < 4.78 is 1.65. The summed E-state index contributed by atoms with van der Waals surface area (Å²) in [6, 6.07) is 1.63. The van der Waals surface area contributed by atoms with E-state index >= 15 is 0 Å². The van der Waals surface area contributed by atoms with Gasteiger partial charge in [-0.1, -0.05) is 0 Å². The topological polar surface area (TPSA) is 67.2 Å². The zero-order valence-corrected chi connectivity index (χ0v) is 7.16. The summed E-state index contributed by atoms with van der Waals surface area (Å²) in [5.41, 5.74) is 1.09. The monoisotopic (exact) mass is 181 g/mol. The van der Waals surface area contributed by atoms with Crippen LogP contribution >= 0.6 is 0 Å². The van der Waals surface area contributed by atoms with Gasteiger partial charge in [0.15, 0.2) is 0 Å². The number of hydrogen-bond acceptors (Lipinski definition) is 3. The molecule has 70 valence electrons. The van der Waals surface area contributed by atoms with E-state index < -0.39 is 0 Å². The van der Waals surface area contributed by atoms with Crippen molar-refractivity contribution in [2.45, 2.75) is 19.6 Å². The van der Waals surface area contributed by atoms with E-state index in [2.05, 4.69) is 10.4 Å². The number of aliphatic hydroxyl groups excluding tert-OH is 1. The third-order valence-electron chi connectivity index (χ3n) is 2.06. The van der Waals surface area contributed by atoms with Crippen LogP contribution in [0.4, 0.5) is 0 Å². The van der Waals surface area contributed by atoms with Gasteiger partial charge >= 0.3 is 0 Å². The van der Waals surface area contributed by atoms with Crippen LogP contribution < -0.4 is 5.32 Å². The maximum absolute atomic E-state index is 11.4. The van der Waals surface area contributed by atoms with Crippen LogP contribution in [0.2, 0.25) is 0 Å². The van der Waals surface area contributed by atoms with Crippen LogP contribution in [0.5, 0.6) is 0 Å². The summed E-state index contributed by atoms with van der Waals surface area (Å²) in [5, 5.41) is 15.7. The summed E-state index contributed by atoms with van der Waals surface area (Å²) in [6.45, 7) is 1.30. The van der Waals surface area contributed by atoms with Crippen molar-refractivity contribution in [2.24, 2.45) is 0 Å². The number of aromatic nitrogens is 2. The second kappa shape index (κ2) is 3.18. The van der Waals surface area contributed by atoms with Gasteiger partial charge in [-0.3, -0.25) is 9.48 Å². The number of amides is 1. The highest BCUT2D eigenvalue weighted by atomic mass is 16.3. The number of aliphatic hydroxyl groups is 1. The number of rotatable bonds is 1. The molecule has 0 spiro atoms. The molecule has 0 aliphatic carbocycles. The van der Waals surface area contributed by atoms with E-state index in [1.54, 1.807) is 10.7 Å². The fraction of sp³-hybridized carbons (Fsp3) is 0.500. The molecule has 5 heteroatoms. The van der Waals surface area contributed by atoms with Gasteiger partial charge in [0.25, 0.3) is 5.91 Å². The minimum Gasteiger partial charge on any atom is -0.390 e. The molecule has 0 radical (unpaired) electrons. The molecule has 1 aromatic heterocycles. The molecule has 0 atom stereocenters. The lowest BCUT2D eigenvalue weighted by atomic mass is 10.3. The lowest BCUT2D eigenvalue weighted by Gasteiger charge is -1.97.